The van der Waals surface area contributed by atoms with Gasteiger partial charge in [-0.1, -0.05) is 71.9 Å². The molecular formula is C34H42N6O8S. The summed E-state index contributed by atoms with van der Waals surface area (Å²) in [7, 11) is 1.25. The SMILES string of the molecule is COC(=O)c1nc([C@@H](NC(=O)c2csc([C@@H](NC(=O)c3coc([C@@H](NC(=O)OCc4ccccc4)C(C)C)n3)C(C)C)n2)C(C)C)oc1C. The molecule has 0 saturated carbocycles. The van der Waals surface area contributed by atoms with E-state index in [4.69, 9.17) is 18.3 Å². The number of nitrogens with zero attached hydrogens (tertiary/aromatic N) is 3. The molecule has 0 bridgehead atoms. The van der Waals surface area contributed by atoms with Crippen molar-refractivity contribution in [1.82, 2.24) is 30.9 Å². The van der Waals surface area contributed by atoms with Gasteiger partial charge in [0, 0.05) is 5.38 Å². The summed E-state index contributed by atoms with van der Waals surface area (Å²) >= 11 is 1.23. The summed E-state index contributed by atoms with van der Waals surface area (Å²) < 4.78 is 21.4. The van der Waals surface area contributed by atoms with E-state index >= 15 is 0 Å². The highest BCUT2D eigenvalue weighted by atomic mass is 32.1. The molecule has 1 aromatic carbocycles. The minimum absolute atomic E-state index is 0.0209. The van der Waals surface area contributed by atoms with Crippen molar-refractivity contribution in [2.24, 2.45) is 17.8 Å². The van der Waals surface area contributed by atoms with Gasteiger partial charge in [-0.15, -0.1) is 11.3 Å². The second kappa shape index (κ2) is 16.4. The lowest BCUT2D eigenvalue weighted by atomic mass is 10.0. The second-order valence-corrected chi connectivity index (χ2v) is 13.3. The van der Waals surface area contributed by atoms with Gasteiger partial charge in [0.1, 0.15) is 41.4 Å². The number of aromatic nitrogens is 3. The van der Waals surface area contributed by atoms with E-state index in [-0.39, 0.29) is 59.0 Å². The van der Waals surface area contributed by atoms with Gasteiger partial charge < -0.3 is 34.3 Å². The molecule has 0 aliphatic heterocycles. The van der Waals surface area contributed by atoms with Gasteiger partial charge in [0.15, 0.2) is 11.4 Å². The number of carbonyl (C=O) groups is 4. The van der Waals surface area contributed by atoms with Crippen LogP contribution in [0.5, 0.6) is 0 Å². The lowest BCUT2D eigenvalue weighted by molar-refractivity contribution is 0.0592. The van der Waals surface area contributed by atoms with Crippen molar-refractivity contribution < 1.29 is 37.5 Å². The third kappa shape index (κ3) is 9.31. The maximum absolute atomic E-state index is 13.3. The third-order valence-corrected chi connectivity index (χ3v) is 8.49. The number of alkyl carbamates (subject to hydrolysis) is 1. The molecule has 15 heteroatoms. The van der Waals surface area contributed by atoms with E-state index in [1.807, 2.05) is 71.9 Å². The summed E-state index contributed by atoms with van der Waals surface area (Å²) in [6.07, 6.45) is 0.591. The second-order valence-electron chi connectivity index (χ2n) is 12.4. The number of amides is 3. The molecule has 0 radical (unpaired) electrons. The number of rotatable bonds is 14. The van der Waals surface area contributed by atoms with Crippen molar-refractivity contribution in [3.8, 4) is 0 Å². The van der Waals surface area contributed by atoms with E-state index in [1.165, 1.54) is 24.7 Å². The minimum atomic E-state index is -0.647. The zero-order valence-corrected chi connectivity index (χ0v) is 29.5. The topological polar surface area (TPSA) is 188 Å². The number of esters is 1. The highest BCUT2D eigenvalue weighted by molar-refractivity contribution is 7.09. The molecule has 4 aromatic rings. The Labute approximate surface area is 288 Å². The van der Waals surface area contributed by atoms with E-state index in [1.54, 1.807) is 12.3 Å². The monoisotopic (exact) mass is 694 g/mol. The van der Waals surface area contributed by atoms with Crippen LogP contribution in [0.25, 0.3) is 0 Å². The quantitative estimate of drug-likeness (QED) is 0.130. The Morgan fingerprint density at radius 2 is 1.41 bits per heavy atom. The first kappa shape index (κ1) is 36.8. The van der Waals surface area contributed by atoms with Crippen molar-refractivity contribution in [3.63, 3.8) is 0 Å². The number of hydrogen-bond acceptors (Lipinski definition) is 12. The minimum Gasteiger partial charge on any atom is -0.464 e. The van der Waals surface area contributed by atoms with E-state index in [0.717, 1.165) is 5.56 Å². The van der Waals surface area contributed by atoms with Gasteiger partial charge in [-0.2, -0.15) is 0 Å². The van der Waals surface area contributed by atoms with Crippen LogP contribution in [-0.4, -0.2) is 45.9 Å². The predicted octanol–water partition coefficient (Wildman–Crippen LogP) is 6.09. The zero-order chi connectivity index (χ0) is 35.8. The molecule has 3 atom stereocenters. The Bertz CT molecular complexity index is 1750. The lowest BCUT2D eigenvalue weighted by Crippen LogP contribution is -2.34. The van der Waals surface area contributed by atoms with Crippen LogP contribution in [0.15, 0.2) is 50.8 Å². The Kier molecular flexibility index (Phi) is 12.3. The summed E-state index contributed by atoms with van der Waals surface area (Å²) in [4.78, 5) is 64.4. The molecule has 4 rings (SSSR count). The standard InChI is InChI=1S/C34H42N6O8S/c1-17(2)24(40-34(44)47-14-21-12-10-9-11-13-21)30-35-22(15-46-30)28(41)38-26(19(5)6)32-36-23(16-49-32)29(42)37-25(18(3)4)31-39-27(20(7)48-31)33(43)45-8/h9-13,15-19,24-26H,14H2,1-8H3,(H,37,42)(H,38,41)(H,40,44)/t24-,25-,26-/m0/s1. The van der Waals surface area contributed by atoms with E-state index in [2.05, 4.69) is 30.9 Å². The molecule has 3 heterocycles. The maximum Gasteiger partial charge on any atom is 0.408 e. The highest BCUT2D eigenvalue weighted by Crippen LogP contribution is 2.28. The van der Waals surface area contributed by atoms with Crippen LogP contribution < -0.4 is 16.0 Å². The van der Waals surface area contributed by atoms with Gasteiger partial charge >= 0.3 is 12.1 Å². The van der Waals surface area contributed by atoms with Gasteiger partial charge in [-0.25, -0.2) is 24.5 Å². The molecule has 3 N–H and O–H groups in total. The number of thiazole rings is 1. The Morgan fingerprint density at radius 1 is 0.796 bits per heavy atom. The fourth-order valence-electron chi connectivity index (χ4n) is 4.77. The average Bonchev–Trinajstić information content (AvgIpc) is 3.84. The van der Waals surface area contributed by atoms with Gasteiger partial charge in [-0.3, -0.25) is 9.59 Å². The Balaban J connectivity index is 1.42. The van der Waals surface area contributed by atoms with Crippen LogP contribution in [0.1, 0.15) is 119 Å². The zero-order valence-electron chi connectivity index (χ0n) is 28.7. The third-order valence-electron chi connectivity index (χ3n) is 7.56. The van der Waals surface area contributed by atoms with Gasteiger partial charge in [-0.05, 0) is 30.2 Å². The number of benzene rings is 1. The fraction of sp³-hybridized carbons (Fsp3) is 0.441. The molecule has 0 aliphatic rings. The van der Waals surface area contributed by atoms with Crippen molar-refractivity contribution in [2.75, 3.05) is 7.11 Å². The predicted molar refractivity (Wildman–Crippen MR) is 179 cm³/mol. The summed E-state index contributed by atoms with van der Waals surface area (Å²) in [6, 6.07) is 7.45. The number of carbonyl (C=O) groups excluding carboxylic acids is 4. The normalized spacial score (nSPS) is 13.2. The summed E-state index contributed by atoms with van der Waals surface area (Å²) in [5, 5.41) is 10.7. The van der Waals surface area contributed by atoms with Gasteiger partial charge in [0.05, 0.1) is 13.2 Å². The molecule has 3 aromatic heterocycles. The number of hydrogen-bond donors (Lipinski definition) is 3. The molecule has 14 nitrogen and oxygen atoms in total. The van der Waals surface area contributed by atoms with Crippen molar-refractivity contribution >= 4 is 35.2 Å². The highest BCUT2D eigenvalue weighted by Gasteiger charge is 2.31. The molecule has 0 spiro atoms. The number of nitrogens with one attached hydrogen (secondary N) is 3. The molecule has 0 aliphatic carbocycles. The molecule has 0 fully saturated rings. The molecular weight excluding hydrogens is 652 g/mol. The van der Waals surface area contributed by atoms with Crippen LogP contribution in [0.4, 0.5) is 4.79 Å². The molecule has 49 heavy (non-hydrogen) atoms. The number of ether oxygens (including phenoxy) is 2. The summed E-state index contributed by atoms with van der Waals surface area (Å²) in [5.41, 5.74) is 1.06. The Hall–Kier alpha value is -5.05. The number of aryl methyl sites for hydroxylation is 1. The average molecular weight is 695 g/mol. The Morgan fingerprint density at radius 3 is 2.04 bits per heavy atom. The largest absolute Gasteiger partial charge is 0.464 e. The van der Waals surface area contributed by atoms with Gasteiger partial charge in [0.2, 0.25) is 11.8 Å². The molecule has 3 amide bonds. The lowest BCUT2D eigenvalue weighted by Gasteiger charge is -2.20. The smallest absolute Gasteiger partial charge is 0.408 e. The number of methoxy groups -OCH3 is 1. The first-order chi connectivity index (χ1) is 23.3. The molecule has 0 unspecified atom stereocenters. The van der Waals surface area contributed by atoms with Crippen molar-refractivity contribution in [2.45, 2.75) is 73.2 Å². The van der Waals surface area contributed by atoms with E-state index in [0.29, 0.717) is 5.01 Å². The van der Waals surface area contributed by atoms with Crippen LogP contribution in [0.2, 0.25) is 0 Å². The van der Waals surface area contributed by atoms with Crippen molar-refractivity contribution in [3.05, 3.63) is 87.2 Å². The summed E-state index contributed by atoms with van der Waals surface area (Å²) in [5.74, 6) is -1.36. The first-order valence-electron chi connectivity index (χ1n) is 15.8. The van der Waals surface area contributed by atoms with Crippen LogP contribution >= 0.6 is 11.3 Å². The van der Waals surface area contributed by atoms with Crippen LogP contribution in [-0.2, 0) is 16.1 Å². The summed E-state index contributed by atoms with van der Waals surface area (Å²) in [6.45, 7) is 13.1. The van der Waals surface area contributed by atoms with Gasteiger partial charge in [0.25, 0.3) is 11.8 Å². The van der Waals surface area contributed by atoms with E-state index < -0.39 is 42.0 Å². The first-order valence-corrected chi connectivity index (χ1v) is 16.7. The fourth-order valence-corrected chi connectivity index (χ4v) is 5.79. The van der Waals surface area contributed by atoms with Crippen LogP contribution in [0.3, 0.4) is 0 Å². The molecule has 0 saturated heterocycles. The van der Waals surface area contributed by atoms with Crippen LogP contribution in [0, 0.1) is 24.7 Å². The maximum atomic E-state index is 13.3. The molecule has 262 valence electrons. The van der Waals surface area contributed by atoms with Crippen molar-refractivity contribution in [1.29, 1.82) is 0 Å². The number of oxazole rings is 2. The van der Waals surface area contributed by atoms with E-state index in [9.17, 15) is 19.2 Å².